The molecular formula is C35H44N2O. The Kier molecular flexibility index (Phi) is 8.54. The highest BCUT2D eigenvalue weighted by atomic mass is 16.3. The smallest absolute Gasteiger partial charge is 0.115 e. The summed E-state index contributed by atoms with van der Waals surface area (Å²) in [5, 5.41) is 10.2. The van der Waals surface area contributed by atoms with Crippen LogP contribution in [-0.4, -0.2) is 24.7 Å². The number of hydrogen-bond acceptors (Lipinski definition) is 3. The van der Waals surface area contributed by atoms with Gasteiger partial charge in [-0.05, 0) is 127 Å². The molecule has 0 unspecified atom stereocenters. The zero-order valence-electron chi connectivity index (χ0n) is 23.1. The van der Waals surface area contributed by atoms with E-state index in [2.05, 4.69) is 72.5 Å². The lowest BCUT2D eigenvalue weighted by Crippen LogP contribution is -2.32. The van der Waals surface area contributed by atoms with Gasteiger partial charge in [0.2, 0.25) is 0 Å². The molecular weight excluding hydrogens is 464 g/mol. The summed E-state index contributed by atoms with van der Waals surface area (Å²) in [4.78, 5) is 2.60. The van der Waals surface area contributed by atoms with Crippen molar-refractivity contribution >= 4 is 16.8 Å². The number of nitrogens with zero attached hydrogens (tertiary/aromatic N) is 1. The summed E-state index contributed by atoms with van der Waals surface area (Å²) < 4.78 is 0. The van der Waals surface area contributed by atoms with Gasteiger partial charge in [0.05, 0.1) is 0 Å². The Morgan fingerprint density at radius 3 is 2.26 bits per heavy atom. The number of benzene rings is 3. The maximum atomic E-state index is 10.2. The zero-order chi connectivity index (χ0) is 26.4. The van der Waals surface area contributed by atoms with Crippen molar-refractivity contribution in [1.29, 1.82) is 0 Å². The molecule has 0 saturated carbocycles. The van der Waals surface area contributed by atoms with E-state index in [0.29, 0.717) is 11.2 Å². The number of phenols is 1. The standard InChI is InChI=1S/C35H44N2O/c1-2-35(20-7-23-36)21-8-24-37(25-9-22-35)30-16-14-28(15-17-30)34-32(27-10-4-3-5-11-27)13-6-12-29-26-31(38)18-19-33(29)34/h3-5,10-11,14-19,26,38H,2,6-9,12-13,20-25,36H2,1H3. The molecule has 2 aliphatic rings. The van der Waals surface area contributed by atoms with Crippen molar-refractivity contribution in [1.82, 2.24) is 0 Å². The van der Waals surface area contributed by atoms with Gasteiger partial charge in [0.25, 0.3) is 0 Å². The number of nitrogens with two attached hydrogens (primary N) is 1. The lowest BCUT2D eigenvalue weighted by atomic mass is 9.72. The number of aryl methyl sites for hydroxylation is 1. The average molecular weight is 509 g/mol. The number of fused-ring (bicyclic) bond motifs is 1. The molecule has 0 radical (unpaired) electrons. The number of anilines is 1. The lowest BCUT2D eigenvalue weighted by Gasteiger charge is -2.38. The maximum absolute atomic E-state index is 10.2. The van der Waals surface area contributed by atoms with E-state index in [0.717, 1.165) is 45.3 Å². The molecule has 200 valence electrons. The van der Waals surface area contributed by atoms with Crippen LogP contribution >= 0.6 is 0 Å². The van der Waals surface area contributed by atoms with E-state index in [1.807, 2.05) is 12.1 Å². The largest absolute Gasteiger partial charge is 0.508 e. The van der Waals surface area contributed by atoms with Crippen LogP contribution in [0.2, 0.25) is 0 Å². The molecule has 5 rings (SSSR count). The Bertz CT molecular complexity index is 1220. The SMILES string of the molecule is CCC1(CCCN)CCCN(c2ccc(C3=C(c4ccccc4)CCCc4cc(O)ccc43)cc2)CCC1. The number of aromatic hydroxyl groups is 1. The van der Waals surface area contributed by atoms with Crippen LogP contribution in [0.3, 0.4) is 0 Å². The molecule has 3 aromatic carbocycles. The average Bonchev–Trinajstić information content (AvgIpc) is 3.13. The predicted octanol–water partition coefficient (Wildman–Crippen LogP) is 8.20. The first kappa shape index (κ1) is 26.6. The van der Waals surface area contributed by atoms with Gasteiger partial charge < -0.3 is 15.7 Å². The van der Waals surface area contributed by atoms with Gasteiger partial charge in [-0.25, -0.2) is 0 Å². The summed E-state index contributed by atoms with van der Waals surface area (Å²) in [6.45, 7) is 5.45. The van der Waals surface area contributed by atoms with Crippen LogP contribution in [0.15, 0.2) is 72.8 Å². The summed E-state index contributed by atoms with van der Waals surface area (Å²) in [5.41, 5.74) is 15.5. The molecule has 1 aliphatic carbocycles. The van der Waals surface area contributed by atoms with Crippen molar-refractivity contribution in [3.05, 3.63) is 95.1 Å². The van der Waals surface area contributed by atoms with Crippen molar-refractivity contribution < 1.29 is 5.11 Å². The Labute approximate surface area is 229 Å². The highest BCUT2D eigenvalue weighted by molar-refractivity contribution is 6.00. The summed E-state index contributed by atoms with van der Waals surface area (Å²) in [6, 6.07) is 26.1. The van der Waals surface area contributed by atoms with E-state index in [9.17, 15) is 5.11 Å². The van der Waals surface area contributed by atoms with Gasteiger partial charge in [0.15, 0.2) is 0 Å². The second kappa shape index (κ2) is 12.2. The van der Waals surface area contributed by atoms with Crippen molar-refractivity contribution in [3.8, 4) is 5.75 Å². The van der Waals surface area contributed by atoms with Crippen LogP contribution in [0.1, 0.15) is 87.0 Å². The van der Waals surface area contributed by atoms with Crippen molar-refractivity contribution in [3.63, 3.8) is 0 Å². The molecule has 0 aromatic heterocycles. The van der Waals surface area contributed by atoms with Crippen LogP contribution in [0.25, 0.3) is 11.1 Å². The van der Waals surface area contributed by atoms with E-state index < -0.39 is 0 Å². The van der Waals surface area contributed by atoms with Gasteiger partial charge in [0.1, 0.15) is 5.75 Å². The first-order valence-electron chi connectivity index (χ1n) is 14.8. The monoisotopic (exact) mass is 508 g/mol. The fourth-order valence-corrected chi connectivity index (χ4v) is 6.91. The molecule has 0 bridgehead atoms. The fourth-order valence-electron chi connectivity index (χ4n) is 6.91. The molecule has 3 nitrogen and oxygen atoms in total. The number of allylic oxidation sites excluding steroid dienone is 1. The molecule has 0 atom stereocenters. The fraction of sp³-hybridized carbons (Fsp3) is 0.429. The van der Waals surface area contributed by atoms with E-state index >= 15 is 0 Å². The number of phenolic OH excluding ortho intramolecular Hbond substituents is 1. The second-order valence-corrected chi connectivity index (χ2v) is 11.4. The van der Waals surface area contributed by atoms with Gasteiger partial charge in [-0.15, -0.1) is 0 Å². The number of rotatable bonds is 7. The van der Waals surface area contributed by atoms with Crippen molar-refractivity contribution in [2.24, 2.45) is 11.1 Å². The Morgan fingerprint density at radius 2 is 1.58 bits per heavy atom. The third kappa shape index (κ3) is 5.83. The normalized spacial score (nSPS) is 17.9. The van der Waals surface area contributed by atoms with Crippen LogP contribution in [-0.2, 0) is 6.42 Å². The molecule has 1 heterocycles. The molecule has 1 aliphatic heterocycles. The summed E-state index contributed by atoms with van der Waals surface area (Å²) >= 11 is 0. The summed E-state index contributed by atoms with van der Waals surface area (Å²) in [7, 11) is 0. The second-order valence-electron chi connectivity index (χ2n) is 11.4. The molecule has 3 N–H and O–H groups in total. The summed E-state index contributed by atoms with van der Waals surface area (Å²) in [5.74, 6) is 0.355. The lowest BCUT2D eigenvalue weighted by molar-refractivity contribution is 0.188. The first-order valence-corrected chi connectivity index (χ1v) is 14.8. The van der Waals surface area contributed by atoms with Crippen molar-refractivity contribution in [2.75, 3.05) is 24.5 Å². The quantitative estimate of drug-likeness (QED) is 0.338. The van der Waals surface area contributed by atoms with Gasteiger partial charge in [-0.1, -0.05) is 61.9 Å². The Morgan fingerprint density at radius 1 is 0.842 bits per heavy atom. The third-order valence-electron chi connectivity index (χ3n) is 9.11. The molecule has 0 amide bonds. The first-order chi connectivity index (χ1) is 18.6. The maximum Gasteiger partial charge on any atom is 0.115 e. The van der Waals surface area contributed by atoms with Gasteiger partial charge in [0, 0.05) is 18.8 Å². The third-order valence-corrected chi connectivity index (χ3v) is 9.11. The molecule has 3 aromatic rings. The van der Waals surface area contributed by atoms with E-state index in [1.165, 1.54) is 77.6 Å². The van der Waals surface area contributed by atoms with Gasteiger partial charge >= 0.3 is 0 Å². The minimum atomic E-state index is 0.355. The predicted molar refractivity (Wildman–Crippen MR) is 162 cm³/mol. The van der Waals surface area contributed by atoms with E-state index in [-0.39, 0.29) is 0 Å². The number of hydrogen-bond donors (Lipinski definition) is 2. The topological polar surface area (TPSA) is 49.5 Å². The minimum absolute atomic E-state index is 0.355. The Balaban J connectivity index is 1.43. The van der Waals surface area contributed by atoms with Gasteiger partial charge in [-0.2, -0.15) is 0 Å². The highest BCUT2D eigenvalue weighted by Gasteiger charge is 2.29. The summed E-state index contributed by atoms with van der Waals surface area (Å²) in [6.07, 6.45) is 12.0. The van der Waals surface area contributed by atoms with E-state index in [1.54, 1.807) is 0 Å². The highest BCUT2D eigenvalue weighted by Crippen LogP contribution is 2.42. The zero-order valence-corrected chi connectivity index (χ0v) is 23.1. The van der Waals surface area contributed by atoms with Crippen LogP contribution in [0.5, 0.6) is 5.75 Å². The van der Waals surface area contributed by atoms with Gasteiger partial charge in [-0.3, -0.25) is 0 Å². The van der Waals surface area contributed by atoms with Crippen LogP contribution in [0, 0.1) is 5.41 Å². The Hall–Kier alpha value is -3.04. The molecule has 38 heavy (non-hydrogen) atoms. The molecule has 1 fully saturated rings. The van der Waals surface area contributed by atoms with Crippen LogP contribution < -0.4 is 10.6 Å². The molecule has 1 saturated heterocycles. The van der Waals surface area contributed by atoms with E-state index in [4.69, 9.17) is 5.73 Å². The van der Waals surface area contributed by atoms with Crippen molar-refractivity contribution in [2.45, 2.75) is 71.1 Å². The molecule has 0 spiro atoms. The molecule has 3 heteroatoms. The minimum Gasteiger partial charge on any atom is -0.508 e. The van der Waals surface area contributed by atoms with Crippen LogP contribution in [0.4, 0.5) is 5.69 Å².